The fourth-order valence-electron chi connectivity index (χ4n) is 3.18. The molecule has 2 aromatic rings. The predicted octanol–water partition coefficient (Wildman–Crippen LogP) is 2.35. The molecule has 3 rings (SSSR count). The van der Waals surface area contributed by atoms with E-state index in [0.717, 1.165) is 11.1 Å². The molecule has 0 saturated heterocycles. The Hall–Kier alpha value is -2.89. The molecule has 2 heterocycles. The summed E-state index contributed by atoms with van der Waals surface area (Å²) in [6, 6.07) is 7.55. The fourth-order valence-corrected chi connectivity index (χ4v) is 3.18. The van der Waals surface area contributed by atoms with Gasteiger partial charge in [0, 0.05) is 38.1 Å². The molecule has 2 atom stereocenters. The lowest BCUT2D eigenvalue weighted by atomic mass is 9.93. The molecule has 1 N–H and O–H groups in total. The number of benzene rings is 1. The number of amides is 2. The third-order valence-electron chi connectivity index (χ3n) is 4.30. The van der Waals surface area contributed by atoms with Crippen molar-refractivity contribution < 1.29 is 9.59 Å². The summed E-state index contributed by atoms with van der Waals surface area (Å²) in [4.78, 5) is 30.1. The smallest absolute Gasteiger partial charge is 0.223 e. The first-order chi connectivity index (χ1) is 12.0. The van der Waals surface area contributed by atoms with Crippen molar-refractivity contribution in [2.24, 2.45) is 0 Å². The third-order valence-corrected chi connectivity index (χ3v) is 4.30. The van der Waals surface area contributed by atoms with Crippen LogP contribution in [0.1, 0.15) is 37.4 Å². The van der Waals surface area contributed by atoms with E-state index in [2.05, 4.69) is 10.3 Å². The molecule has 2 unspecified atom stereocenters. The summed E-state index contributed by atoms with van der Waals surface area (Å²) < 4.78 is 1.92. The minimum absolute atomic E-state index is 0.0261. The number of carbonyl (C=O) groups excluding carboxylic acids is 2. The fraction of sp³-hybridized carbons (Fsp3) is 0.316. The summed E-state index contributed by atoms with van der Waals surface area (Å²) in [6.45, 7) is 4.13. The number of nitrogens with one attached hydrogen (secondary N) is 1. The molecule has 1 aromatic heterocycles. The van der Waals surface area contributed by atoms with Crippen LogP contribution in [-0.2, 0) is 16.1 Å². The molecular formula is C19H22N4O2. The van der Waals surface area contributed by atoms with Crippen LogP contribution in [0.25, 0.3) is 6.08 Å². The molecule has 25 heavy (non-hydrogen) atoms. The molecule has 2 amide bonds. The van der Waals surface area contributed by atoms with Crippen LogP contribution in [0.15, 0.2) is 49.2 Å². The highest BCUT2D eigenvalue weighted by atomic mass is 16.2. The molecule has 0 spiro atoms. The second kappa shape index (κ2) is 7.34. The zero-order chi connectivity index (χ0) is 17.8. The second-order valence-electron chi connectivity index (χ2n) is 6.32. The van der Waals surface area contributed by atoms with Gasteiger partial charge in [0.15, 0.2) is 0 Å². The summed E-state index contributed by atoms with van der Waals surface area (Å²) in [5.74, 6) is -0.149. The predicted molar refractivity (Wildman–Crippen MR) is 95.2 cm³/mol. The van der Waals surface area contributed by atoms with Crippen molar-refractivity contribution in [2.75, 3.05) is 0 Å². The number of fused-ring (bicyclic) bond motifs is 1. The summed E-state index contributed by atoms with van der Waals surface area (Å²) in [5, 5.41) is 3.01. The number of hydrogen-bond donors (Lipinski definition) is 1. The Morgan fingerprint density at radius 2 is 2.12 bits per heavy atom. The van der Waals surface area contributed by atoms with Gasteiger partial charge in [-0.2, -0.15) is 0 Å². The first-order valence-electron chi connectivity index (χ1n) is 8.35. The summed E-state index contributed by atoms with van der Waals surface area (Å²) in [6.07, 6.45) is 9.20. The SMILES string of the molecule is CC(=O)N1C=Cc2ccccc2C1CC(=O)NC(C)Cn1ccnc1. The maximum Gasteiger partial charge on any atom is 0.223 e. The normalized spacial score (nSPS) is 17.0. The maximum atomic E-state index is 12.5. The van der Waals surface area contributed by atoms with Crippen molar-refractivity contribution in [2.45, 2.75) is 38.9 Å². The summed E-state index contributed by atoms with van der Waals surface area (Å²) in [7, 11) is 0. The Labute approximate surface area is 147 Å². The molecular weight excluding hydrogens is 316 g/mol. The molecule has 6 nitrogen and oxygen atoms in total. The maximum absolute atomic E-state index is 12.5. The summed E-state index contributed by atoms with van der Waals surface area (Å²) in [5.41, 5.74) is 2.04. The molecule has 1 aliphatic rings. The average molecular weight is 338 g/mol. The van der Waals surface area contributed by atoms with Gasteiger partial charge in [-0.3, -0.25) is 9.59 Å². The lowest BCUT2D eigenvalue weighted by molar-refractivity contribution is -0.130. The standard InChI is InChI=1S/C19H22N4O2/c1-14(12-22-10-8-20-13-22)21-19(25)11-18-17-6-4-3-5-16(17)7-9-23(18)15(2)24/h3-10,13-14,18H,11-12H2,1-2H3,(H,21,25). The van der Waals surface area contributed by atoms with E-state index in [1.54, 1.807) is 23.6 Å². The van der Waals surface area contributed by atoms with Crippen LogP contribution < -0.4 is 5.32 Å². The molecule has 0 bridgehead atoms. The minimum atomic E-state index is -0.279. The van der Waals surface area contributed by atoms with Crippen LogP contribution in [0.3, 0.4) is 0 Å². The van der Waals surface area contributed by atoms with E-state index in [1.807, 2.05) is 48.0 Å². The first-order valence-corrected chi connectivity index (χ1v) is 8.35. The van der Waals surface area contributed by atoms with Crippen molar-refractivity contribution >= 4 is 17.9 Å². The molecule has 1 aromatic carbocycles. The topological polar surface area (TPSA) is 67.2 Å². The quantitative estimate of drug-likeness (QED) is 0.910. The van der Waals surface area contributed by atoms with E-state index in [9.17, 15) is 9.59 Å². The number of aromatic nitrogens is 2. The molecule has 6 heteroatoms. The number of hydrogen-bond acceptors (Lipinski definition) is 3. The molecule has 0 fully saturated rings. The van der Waals surface area contributed by atoms with Gasteiger partial charge in [0.25, 0.3) is 0 Å². The van der Waals surface area contributed by atoms with Gasteiger partial charge in [0.2, 0.25) is 11.8 Å². The second-order valence-corrected chi connectivity index (χ2v) is 6.32. The van der Waals surface area contributed by atoms with Crippen LogP contribution in [0, 0.1) is 0 Å². The molecule has 1 aliphatic heterocycles. The Kier molecular flexibility index (Phi) is 4.97. The van der Waals surface area contributed by atoms with Gasteiger partial charge in [0.05, 0.1) is 18.8 Å². The first kappa shape index (κ1) is 17.0. The Morgan fingerprint density at radius 3 is 2.84 bits per heavy atom. The van der Waals surface area contributed by atoms with Crippen LogP contribution >= 0.6 is 0 Å². The van der Waals surface area contributed by atoms with Crippen molar-refractivity contribution in [3.8, 4) is 0 Å². The summed E-state index contributed by atoms with van der Waals surface area (Å²) >= 11 is 0. The number of imidazole rings is 1. The average Bonchev–Trinajstić information content (AvgIpc) is 3.07. The monoisotopic (exact) mass is 338 g/mol. The molecule has 0 radical (unpaired) electrons. The van der Waals surface area contributed by atoms with Gasteiger partial charge in [-0.1, -0.05) is 24.3 Å². The van der Waals surface area contributed by atoms with E-state index in [-0.39, 0.29) is 30.3 Å². The Morgan fingerprint density at radius 1 is 1.32 bits per heavy atom. The number of carbonyl (C=O) groups is 2. The van der Waals surface area contributed by atoms with Gasteiger partial charge in [-0.25, -0.2) is 4.98 Å². The lowest BCUT2D eigenvalue weighted by Gasteiger charge is -2.32. The van der Waals surface area contributed by atoms with Crippen molar-refractivity contribution in [3.05, 3.63) is 60.3 Å². The molecule has 130 valence electrons. The van der Waals surface area contributed by atoms with Crippen molar-refractivity contribution in [1.82, 2.24) is 19.8 Å². The third kappa shape index (κ3) is 3.96. The molecule has 0 saturated carbocycles. The van der Waals surface area contributed by atoms with Gasteiger partial charge < -0.3 is 14.8 Å². The van der Waals surface area contributed by atoms with Crippen LogP contribution in [-0.4, -0.2) is 32.3 Å². The highest BCUT2D eigenvalue weighted by Gasteiger charge is 2.28. The lowest BCUT2D eigenvalue weighted by Crippen LogP contribution is -2.39. The highest BCUT2D eigenvalue weighted by Crippen LogP contribution is 2.32. The van der Waals surface area contributed by atoms with Crippen LogP contribution in [0.4, 0.5) is 0 Å². The van der Waals surface area contributed by atoms with E-state index >= 15 is 0 Å². The van der Waals surface area contributed by atoms with Gasteiger partial charge >= 0.3 is 0 Å². The number of rotatable bonds is 5. The zero-order valence-electron chi connectivity index (χ0n) is 14.4. The van der Waals surface area contributed by atoms with E-state index < -0.39 is 0 Å². The van der Waals surface area contributed by atoms with Crippen LogP contribution in [0.5, 0.6) is 0 Å². The zero-order valence-corrected chi connectivity index (χ0v) is 14.4. The van der Waals surface area contributed by atoms with E-state index in [0.29, 0.717) is 6.54 Å². The van der Waals surface area contributed by atoms with Crippen molar-refractivity contribution in [1.29, 1.82) is 0 Å². The minimum Gasteiger partial charge on any atom is -0.352 e. The number of nitrogens with zero attached hydrogens (tertiary/aromatic N) is 3. The van der Waals surface area contributed by atoms with Crippen LogP contribution in [0.2, 0.25) is 0 Å². The highest BCUT2D eigenvalue weighted by molar-refractivity contribution is 5.81. The molecule has 0 aliphatic carbocycles. The van der Waals surface area contributed by atoms with E-state index in [1.165, 1.54) is 6.92 Å². The van der Waals surface area contributed by atoms with E-state index in [4.69, 9.17) is 0 Å². The van der Waals surface area contributed by atoms with Gasteiger partial charge in [0.1, 0.15) is 0 Å². The van der Waals surface area contributed by atoms with Gasteiger partial charge in [-0.05, 0) is 24.1 Å². The Balaban J connectivity index is 1.69. The van der Waals surface area contributed by atoms with Crippen molar-refractivity contribution in [3.63, 3.8) is 0 Å². The van der Waals surface area contributed by atoms with Gasteiger partial charge in [-0.15, -0.1) is 0 Å². The largest absolute Gasteiger partial charge is 0.352 e. The Bertz CT molecular complexity index is 782.